The molecule has 0 spiro atoms. The van der Waals surface area contributed by atoms with Gasteiger partial charge in [0.05, 0.1) is 13.7 Å². The Bertz CT molecular complexity index is 795. The summed E-state index contributed by atoms with van der Waals surface area (Å²) in [5, 5.41) is 0. The van der Waals surface area contributed by atoms with Gasteiger partial charge in [0, 0.05) is 17.0 Å². The van der Waals surface area contributed by atoms with Crippen LogP contribution in [0.5, 0.6) is 5.75 Å². The minimum Gasteiger partial charge on any atom is -0.497 e. The summed E-state index contributed by atoms with van der Waals surface area (Å²) in [6.45, 7) is 8.57. The van der Waals surface area contributed by atoms with Crippen LogP contribution >= 0.6 is 0 Å². The van der Waals surface area contributed by atoms with Crippen LogP contribution in [-0.4, -0.2) is 18.7 Å². The summed E-state index contributed by atoms with van der Waals surface area (Å²) in [6, 6.07) is 13.6. The summed E-state index contributed by atoms with van der Waals surface area (Å²) in [7, 11) is 1.58. The van der Waals surface area contributed by atoms with E-state index in [-0.39, 0.29) is 5.78 Å². The van der Waals surface area contributed by atoms with E-state index in [0.29, 0.717) is 28.5 Å². The van der Waals surface area contributed by atoms with E-state index in [0.717, 1.165) is 18.6 Å². The zero-order valence-electron chi connectivity index (χ0n) is 15.9. The lowest BCUT2D eigenvalue weighted by Gasteiger charge is -2.17. The number of carbonyl (C=O) groups is 2. The molecule has 1 saturated carbocycles. The molecule has 3 rings (SSSR count). The van der Waals surface area contributed by atoms with E-state index in [9.17, 15) is 9.59 Å². The summed E-state index contributed by atoms with van der Waals surface area (Å²) >= 11 is 0. The number of carbonyl (C=O) groups excluding carboxylic acids is 2. The molecule has 2 aromatic carbocycles. The first-order valence-electron chi connectivity index (χ1n) is 9.22. The van der Waals surface area contributed by atoms with Crippen LogP contribution < -0.4 is 4.74 Å². The summed E-state index contributed by atoms with van der Waals surface area (Å²) < 4.78 is 5.04. The molecule has 0 amide bonds. The van der Waals surface area contributed by atoms with Gasteiger partial charge < -0.3 is 4.74 Å². The van der Waals surface area contributed by atoms with E-state index >= 15 is 0 Å². The maximum atomic E-state index is 12.1. The standard InChI is InChI=1S/C15H11NO2.C8H14O/c1-16-13-7-3-11(4-8-13)15(17)12-5-9-14(18-2)10-6-12;1-7(9)8-5-3-2-4-6-8/h3-10H,2H3;8H,2-6H2,1H3. The second-order valence-corrected chi connectivity index (χ2v) is 6.66. The second-order valence-electron chi connectivity index (χ2n) is 6.66. The van der Waals surface area contributed by atoms with Crippen molar-refractivity contribution in [2.24, 2.45) is 5.92 Å². The van der Waals surface area contributed by atoms with Crippen molar-refractivity contribution in [3.05, 3.63) is 71.1 Å². The number of nitrogens with zero attached hydrogens (tertiary/aromatic N) is 1. The third kappa shape index (κ3) is 6.07. The largest absolute Gasteiger partial charge is 0.497 e. The fourth-order valence-electron chi connectivity index (χ4n) is 3.11. The number of hydrogen-bond acceptors (Lipinski definition) is 3. The summed E-state index contributed by atoms with van der Waals surface area (Å²) in [5.74, 6) is 1.47. The van der Waals surface area contributed by atoms with E-state index in [1.165, 1.54) is 19.3 Å². The third-order valence-corrected chi connectivity index (χ3v) is 4.79. The summed E-state index contributed by atoms with van der Waals surface area (Å²) in [6.07, 6.45) is 6.17. The lowest BCUT2D eigenvalue weighted by atomic mass is 9.87. The Labute approximate surface area is 161 Å². The molecule has 0 aliphatic heterocycles. The zero-order chi connectivity index (χ0) is 19.6. The highest BCUT2D eigenvalue weighted by Crippen LogP contribution is 2.23. The molecule has 0 heterocycles. The molecule has 0 bridgehead atoms. The maximum Gasteiger partial charge on any atom is 0.192 e. The van der Waals surface area contributed by atoms with E-state index in [4.69, 9.17) is 11.3 Å². The Morgan fingerprint density at radius 1 is 0.926 bits per heavy atom. The first kappa shape index (κ1) is 20.4. The predicted octanol–water partition coefficient (Wildman–Crippen LogP) is 5.63. The maximum absolute atomic E-state index is 12.1. The van der Waals surface area contributed by atoms with Crippen LogP contribution in [0.1, 0.15) is 54.9 Å². The Kier molecular flexibility index (Phi) is 7.76. The molecule has 0 unspecified atom stereocenters. The molecule has 4 heteroatoms. The van der Waals surface area contributed by atoms with Crippen LogP contribution in [0.4, 0.5) is 5.69 Å². The quantitative estimate of drug-likeness (QED) is 0.522. The van der Waals surface area contributed by atoms with Gasteiger partial charge in [0.2, 0.25) is 0 Å². The highest BCUT2D eigenvalue weighted by Gasteiger charge is 2.16. The Balaban J connectivity index is 0.000000244. The van der Waals surface area contributed by atoms with E-state index in [2.05, 4.69) is 4.85 Å². The molecule has 2 aromatic rings. The van der Waals surface area contributed by atoms with Crippen LogP contribution in [0.15, 0.2) is 48.5 Å². The van der Waals surface area contributed by atoms with Crippen LogP contribution in [0.3, 0.4) is 0 Å². The molecule has 1 aliphatic carbocycles. The van der Waals surface area contributed by atoms with Crippen LogP contribution in [-0.2, 0) is 4.79 Å². The zero-order valence-corrected chi connectivity index (χ0v) is 15.9. The molecule has 0 radical (unpaired) electrons. The molecule has 0 N–H and O–H groups in total. The fraction of sp³-hybridized carbons (Fsp3) is 0.348. The van der Waals surface area contributed by atoms with Gasteiger partial charge in [0.1, 0.15) is 11.5 Å². The number of rotatable bonds is 4. The van der Waals surface area contributed by atoms with Crippen molar-refractivity contribution in [2.75, 3.05) is 7.11 Å². The molecule has 1 aliphatic rings. The number of ether oxygens (including phenoxy) is 1. The van der Waals surface area contributed by atoms with Crippen LogP contribution in [0.25, 0.3) is 4.85 Å². The number of Topliss-reactive ketones (excluding diaryl/α,β-unsaturated/α-hetero) is 1. The monoisotopic (exact) mass is 363 g/mol. The molecule has 4 nitrogen and oxygen atoms in total. The van der Waals surface area contributed by atoms with Crippen molar-refractivity contribution in [2.45, 2.75) is 39.0 Å². The number of hydrogen-bond donors (Lipinski definition) is 0. The Hall–Kier alpha value is -2.93. The van der Waals surface area contributed by atoms with Crippen molar-refractivity contribution in [3.63, 3.8) is 0 Å². The fourth-order valence-corrected chi connectivity index (χ4v) is 3.11. The van der Waals surface area contributed by atoms with Gasteiger partial charge in [-0.1, -0.05) is 43.5 Å². The molecule has 1 fully saturated rings. The smallest absolute Gasteiger partial charge is 0.192 e. The minimum atomic E-state index is -0.0609. The van der Waals surface area contributed by atoms with Crippen molar-refractivity contribution in [3.8, 4) is 5.75 Å². The van der Waals surface area contributed by atoms with Gasteiger partial charge in [0.15, 0.2) is 11.5 Å². The van der Waals surface area contributed by atoms with E-state index in [1.807, 2.05) is 0 Å². The van der Waals surface area contributed by atoms with E-state index < -0.39 is 0 Å². The number of benzene rings is 2. The van der Waals surface area contributed by atoms with Crippen molar-refractivity contribution in [1.82, 2.24) is 0 Å². The van der Waals surface area contributed by atoms with Crippen molar-refractivity contribution >= 4 is 17.3 Å². The molecule has 0 aromatic heterocycles. The van der Waals surface area contributed by atoms with Crippen LogP contribution in [0.2, 0.25) is 0 Å². The average molecular weight is 363 g/mol. The molecular formula is C23H25NO3. The summed E-state index contributed by atoms with van der Waals surface area (Å²) in [5.41, 5.74) is 1.71. The first-order valence-corrected chi connectivity index (χ1v) is 9.22. The van der Waals surface area contributed by atoms with Crippen molar-refractivity contribution in [1.29, 1.82) is 0 Å². The van der Waals surface area contributed by atoms with Crippen molar-refractivity contribution < 1.29 is 14.3 Å². The summed E-state index contributed by atoms with van der Waals surface area (Å²) in [4.78, 5) is 26.2. The predicted molar refractivity (Wildman–Crippen MR) is 106 cm³/mol. The molecular weight excluding hydrogens is 338 g/mol. The second kappa shape index (κ2) is 10.3. The first-order chi connectivity index (χ1) is 13.0. The highest BCUT2D eigenvalue weighted by molar-refractivity contribution is 6.09. The van der Waals surface area contributed by atoms with Gasteiger partial charge in [-0.2, -0.15) is 0 Å². The molecule has 27 heavy (non-hydrogen) atoms. The highest BCUT2D eigenvalue weighted by atomic mass is 16.5. The molecule has 140 valence electrons. The SMILES string of the molecule is CC(=O)C1CCCCC1.[C-]#[N+]c1ccc(C(=O)c2ccc(OC)cc2)cc1. The number of ketones is 2. The van der Waals surface area contributed by atoms with Crippen LogP contribution in [0, 0.1) is 12.5 Å². The van der Waals surface area contributed by atoms with Gasteiger partial charge in [-0.25, -0.2) is 4.85 Å². The normalized spacial score (nSPS) is 13.7. The number of methoxy groups -OCH3 is 1. The van der Waals surface area contributed by atoms with E-state index in [1.54, 1.807) is 62.6 Å². The van der Waals surface area contributed by atoms with Gasteiger partial charge in [-0.05, 0) is 44.0 Å². The van der Waals surface area contributed by atoms with Gasteiger partial charge >= 0.3 is 0 Å². The van der Waals surface area contributed by atoms with Gasteiger partial charge in [0.25, 0.3) is 0 Å². The topological polar surface area (TPSA) is 47.7 Å². The Morgan fingerprint density at radius 2 is 1.44 bits per heavy atom. The minimum absolute atomic E-state index is 0.0609. The molecule has 0 saturated heterocycles. The van der Waals surface area contributed by atoms with Gasteiger partial charge in [-0.15, -0.1) is 0 Å². The van der Waals surface area contributed by atoms with Gasteiger partial charge in [-0.3, -0.25) is 9.59 Å². The molecule has 0 atom stereocenters. The lowest BCUT2D eigenvalue weighted by molar-refractivity contribution is -0.121. The third-order valence-electron chi connectivity index (χ3n) is 4.79. The average Bonchev–Trinajstić information content (AvgIpc) is 2.74. The Morgan fingerprint density at radius 3 is 1.85 bits per heavy atom. The lowest BCUT2D eigenvalue weighted by Crippen LogP contribution is -2.13.